The number of nitro groups is 1. The highest BCUT2D eigenvalue weighted by molar-refractivity contribution is 7.84. The third-order valence-corrected chi connectivity index (χ3v) is 3.98. The summed E-state index contributed by atoms with van der Waals surface area (Å²) in [7, 11) is -0.912. The van der Waals surface area contributed by atoms with Crippen LogP contribution in [0, 0.1) is 10.1 Å². The first kappa shape index (κ1) is 16.4. The van der Waals surface area contributed by atoms with E-state index in [0.29, 0.717) is 12.2 Å². The van der Waals surface area contributed by atoms with Crippen molar-refractivity contribution in [2.75, 3.05) is 18.1 Å². The molecule has 2 atom stereocenters. The summed E-state index contributed by atoms with van der Waals surface area (Å²) in [6.45, 7) is 6.03. The summed E-state index contributed by atoms with van der Waals surface area (Å²) in [4.78, 5) is 10.5. The second kappa shape index (κ2) is 7.23. The van der Waals surface area contributed by atoms with Gasteiger partial charge in [0.15, 0.2) is 5.75 Å². The fourth-order valence-electron chi connectivity index (χ4n) is 1.50. The molecule has 0 aliphatic rings. The van der Waals surface area contributed by atoms with Crippen molar-refractivity contribution in [3.8, 4) is 5.75 Å². The number of nitrogens with zero attached hydrogens (tertiary/aromatic N) is 1. The molecule has 0 aromatic heterocycles. The summed E-state index contributed by atoms with van der Waals surface area (Å²) < 4.78 is 16.7. The first-order valence-electron chi connectivity index (χ1n) is 6.32. The number of hydrogen-bond donors (Lipinski definition) is 1. The van der Waals surface area contributed by atoms with Gasteiger partial charge in [-0.2, -0.15) is 0 Å². The van der Waals surface area contributed by atoms with Gasteiger partial charge in [0.05, 0.1) is 11.0 Å². The van der Waals surface area contributed by atoms with Crippen LogP contribution in [0.5, 0.6) is 5.75 Å². The highest BCUT2D eigenvalue weighted by Crippen LogP contribution is 2.30. The van der Waals surface area contributed by atoms with Crippen LogP contribution in [-0.4, -0.2) is 33.3 Å². The summed E-state index contributed by atoms with van der Waals surface area (Å²) in [5.41, 5.74) is 0.653. The van der Waals surface area contributed by atoms with Crippen molar-refractivity contribution in [1.82, 2.24) is 0 Å². The van der Waals surface area contributed by atoms with Gasteiger partial charge in [0, 0.05) is 46.7 Å². The van der Waals surface area contributed by atoms with Gasteiger partial charge >= 0.3 is 5.69 Å². The van der Waals surface area contributed by atoms with Crippen LogP contribution >= 0.6 is 0 Å². The lowest BCUT2D eigenvalue weighted by Gasteiger charge is -2.14. The third kappa shape index (κ3) is 4.80. The average molecular weight is 300 g/mol. The molecule has 1 aromatic rings. The maximum absolute atomic E-state index is 11.3. The Kier molecular flexibility index (Phi) is 5.94. The zero-order chi connectivity index (χ0) is 15.3. The highest BCUT2D eigenvalue weighted by Gasteiger charge is 2.17. The molecule has 1 N–H and O–H groups in total. The molecular weight excluding hydrogens is 280 g/mol. The van der Waals surface area contributed by atoms with Gasteiger partial charge in [0.25, 0.3) is 0 Å². The predicted octanol–water partition coefficient (Wildman–Crippen LogP) is 2.56. The van der Waals surface area contributed by atoms with Crippen molar-refractivity contribution in [3.05, 3.63) is 28.3 Å². The van der Waals surface area contributed by atoms with Crippen molar-refractivity contribution in [2.45, 2.75) is 32.1 Å². The molecule has 0 aliphatic heterocycles. The zero-order valence-electron chi connectivity index (χ0n) is 12.1. The number of anilines is 1. The fourth-order valence-corrected chi connectivity index (χ4v) is 1.82. The first-order chi connectivity index (χ1) is 9.31. The van der Waals surface area contributed by atoms with Crippen molar-refractivity contribution >= 4 is 22.2 Å². The van der Waals surface area contributed by atoms with Crippen LogP contribution < -0.4 is 10.1 Å². The number of benzene rings is 1. The number of ether oxygens (including phenoxy) is 1. The maximum atomic E-state index is 11.3. The van der Waals surface area contributed by atoms with E-state index in [1.54, 1.807) is 18.4 Å². The summed E-state index contributed by atoms with van der Waals surface area (Å²) in [5, 5.41) is 14.0. The molecule has 20 heavy (non-hydrogen) atoms. The highest BCUT2D eigenvalue weighted by atomic mass is 32.2. The lowest BCUT2D eigenvalue weighted by Crippen LogP contribution is -2.20. The monoisotopic (exact) mass is 300 g/mol. The van der Waals surface area contributed by atoms with Crippen LogP contribution in [0.25, 0.3) is 0 Å². The lowest BCUT2D eigenvalue weighted by molar-refractivity contribution is -0.386. The molecule has 0 saturated heterocycles. The second-order valence-electron chi connectivity index (χ2n) is 4.80. The molecule has 112 valence electrons. The average Bonchev–Trinajstić information content (AvgIpc) is 2.34. The van der Waals surface area contributed by atoms with Gasteiger partial charge in [-0.15, -0.1) is 0 Å². The lowest BCUT2D eigenvalue weighted by atomic mass is 10.2. The van der Waals surface area contributed by atoms with Crippen LogP contribution in [0.1, 0.15) is 20.8 Å². The Morgan fingerprint density at radius 1 is 1.40 bits per heavy atom. The first-order valence-corrected chi connectivity index (χ1v) is 7.94. The molecule has 1 aromatic carbocycles. The van der Waals surface area contributed by atoms with Crippen molar-refractivity contribution in [1.29, 1.82) is 0 Å². The van der Waals surface area contributed by atoms with E-state index < -0.39 is 15.7 Å². The summed E-state index contributed by atoms with van der Waals surface area (Å²) in [6, 6.07) is 4.63. The van der Waals surface area contributed by atoms with Gasteiger partial charge in [-0.1, -0.05) is 0 Å². The molecule has 0 heterocycles. The minimum atomic E-state index is -0.912. The summed E-state index contributed by atoms with van der Waals surface area (Å²) >= 11 is 0. The Hall–Kier alpha value is -1.63. The normalized spacial score (nSPS) is 13.8. The van der Waals surface area contributed by atoms with Crippen LogP contribution in [0.4, 0.5) is 11.4 Å². The molecule has 0 radical (unpaired) electrons. The van der Waals surface area contributed by atoms with E-state index in [0.717, 1.165) is 0 Å². The van der Waals surface area contributed by atoms with E-state index in [9.17, 15) is 14.3 Å². The molecule has 0 spiro atoms. The van der Waals surface area contributed by atoms with E-state index in [1.165, 1.54) is 6.07 Å². The number of rotatable bonds is 7. The van der Waals surface area contributed by atoms with E-state index >= 15 is 0 Å². The van der Waals surface area contributed by atoms with Crippen molar-refractivity contribution in [3.63, 3.8) is 0 Å². The Labute approximate surface area is 121 Å². The summed E-state index contributed by atoms with van der Waals surface area (Å²) in [5.74, 6) is 0.236. The Bertz CT molecular complexity index is 505. The molecule has 0 bridgehead atoms. The Morgan fingerprint density at radius 3 is 2.55 bits per heavy atom. The van der Waals surface area contributed by atoms with Gasteiger partial charge < -0.3 is 10.1 Å². The Morgan fingerprint density at radius 2 is 2.05 bits per heavy atom. The van der Waals surface area contributed by atoms with E-state index in [1.807, 2.05) is 20.8 Å². The van der Waals surface area contributed by atoms with Crippen molar-refractivity contribution < 1.29 is 13.9 Å². The molecular formula is C13H20N2O4S. The topological polar surface area (TPSA) is 81.5 Å². The zero-order valence-corrected chi connectivity index (χ0v) is 12.9. The van der Waals surface area contributed by atoms with Crippen LogP contribution in [-0.2, 0) is 10.8 Å². The van der Waals surface area contributed by atoms with Gasteiger partial charge in [0.1, 0.15) is 0 Å². The smallest absolute Gasteiger partial charge is 0.311 e. The second-order valence-corrected chi connectivity index (χ2v) is 6.60. The maximum Gasteiger partial charge on any atom is 0.311 e. The molecule has 0 amide bonds. The van der Waals surface area contributed by atoms with Crippen LogP contribution in [0.3, 0.4) is 0 Å². The van der Waals surface area contributed by atoms with Crippen LogP contribution in [0.2, 0.25) is 0 Å². The van der Waals surface area contributed by atoms with E-state index in [-0.39, 0.29) is 22.8 Å². The van der Waals surface area contributed by atoms with Gasteiger partial charge in [-0.3, -0.25) is 14.3 Å². The van der Waals surface area contributed by atoms with Gasteiger partial charge in [-0.25, -0.2) is 0 Å². The molecule has 2 unspecified atom stereocenters. The minimum Gasteiger partial charge on any atom is -0.484 e. The molecule has 6 nitrogen and oxygen atoms in total. The molecule has 0 saturated carbocycles. The SMILES string of the molecule is CC(C)Oc1cc(NCC(C)S(C)=O)ccc1[N+](=O)[O-]. The van der Waals surface area contributed by atoms with Gasteiger partial charge in [-0.05, 0) is 26.8 Å². The predicted molar refractivity (Wildman–Crippen MR) is 80.9 cm³/mol. The number of nitro benzene ring substituents is 1. The number of hydrogen-bond acceptors (Lipinski definition) is 5. The minimum absolute atomic E-state index is 0.000316. The summed E-state index contributed by atoms with van der Waals surface area (Å²) in [6.07, 6.45) is 1.50. The third-order valence-electron chi connectivity index (χ3n) is 2.68. The van der Waals surface area contributed by atoms with Crippen LogP contribution in [0.15, 0.2) is 18.2 Å². The van der Waals surface area contributed by atoms with E-state index in [4.69, 9.17) is 4.74 Å². The van der Waals surface area contributed by atoms with Gasteiger partial charge in [0.2, 0.25) is 0 Å². The van der Waals surface area contributed by atoms with E-state index in [2.05, 4.69) is 5.32 Å². The Balaban J connectivity index is 2.89. The molecule has 0 fully saturated rings. The molecule has 0 aliphatic carbocycles. The quantitative estimate of drug-likeness (QED) is 0.618. The number of nitrogens with one attached hydrogen (secondary N) is 1. The molecule has 1 rings (SSSR count). The largest absolute Gasteiger partial charge is 0.484 e. The molecule has 7 heteroatoms. The standard InChI is InChI=1S/C13H20N2O4S/c1-9(2)19-13-7-11(5-6-12(13)15(16)17)14-8-10(3)20(4)18/h5-7,9-10,14H,8H2,1-4H3. The fraction of sp³-hybridized carbons (Fsp3) is 0.538. The van der Waals surface area contributed by atoms with Crippen molar-refractivity contribution in [2.24, 2.45) is 0 Å².